The number of furan rings is 1. The van der Waals surface area contributed by atoms with E-state index in [1.165, 1.54) is 0 Å². The number of aliphatic hydroxyl groups is 1. The third-order valence-corrected chi connectivity index (χ3v) is 3.12. The van der Waals surface area contributed by atoms with Gasteiger partial charge in [0.1, 0.15) is 11.4 Å². The number of hydrogen-bond donors (Lipinski definition) is 1. The number of rotatable bonds is 1. The summed E-state index contributed by atoms with van der Waals surface area (Å²) in [5.74, 6) is 0.659. The lowest BCUT2D eigenvalue weighted by molar-refractivity contribution is 0.0368. The molecule has 15 heavy (non-hydrogen) atoms. The minimum absolute atomic E-state index is 0.188. The summed E-state index contributed by atoms with van der Waals surface area (Å²) in [6.45, 7) is 6.32. The van der Waals surface area contributed by atoms with Gasteiger partial charge in [0.15, 0.2) is 0 Å². The van der Waals surface area contributed by atoms with Gasteiger partial charge in [-0.2, -0.15) is 0 Å². The third kappa shape index (κ3) is 2.00. The Morgan fingerprint density at radius 3 is 2.47 bits per heavy atom. The van der Waals surface area contributed by atoms with Crippen molar-refractivity contribution in [1.82, 2.24) is 0 Å². The van der Waals surface area contributed by atoms with Crippen LogP contribution < -0.4 is 0 Å². The van der Waals surface area contributed by atoms with Crippen LogP contribution in [0.15, 0.2) is 28.9 Å². The normalized spacial score (nSPS) is 29.3. The molecule has 2 rings (SSSR count). The van der Waals surface area contributed by atoms with Crippen molar-refractivity contribution in [3.8, 4) is 0 Å². The number of aryl methyl sites for hydroxylation is 1. The molecule has 2 nitrogen and oxygen atoms in total. The first-order chi connectivity index (χ1) is 6.91. The van der Waals surface area contributed by atoms with Gasteiger partial charge < -0.3 is 9.52 Å². The highest BCUT2D eigenvalue weighted by atomic mass is 16.4. The van der Waals surface area contributed by atoms with Crippen LogP contribution >= 0.6 is 0 Å². The molecular formula is C13H18O2. The van der Waals surface area contributed by atoms with Crippen molar-refractivity contribution in [3.05, 3.63) is 35.8 Å². The Bertz CT molecular complexity index is 387. The Hall–Kier alpha value is -1.02. The van der Waals surface area contributed by atoms with Gasteiger partial charge in [-0.1, -0.05) is 19.9 Å². The SMILES string of the molecule is Cc1coc(C2(O)C=CC(C)(C)CC2)c1. The average molecular weight is 206 g/mol. The standard InChI is InChI=1S/C13H18O2/c1-10-8-11(15-9-10)13(14)6-4-12(2,3)5-7-13/h4,6,8-9,14H,5,7H2,1-3H3. The highest BCUT2D eigenvalue weighted by Gasteiger charge is 2.35. The van der Waals surface area contributed by atoms with Gasteiger partial charge in [0.25, 0.3) is 0 Å². The maximum Gasteiger partial charge on any atom is 0.140 e. The van der Waals surface area contributed by atoms with Crippen molar-refractivity contribution in [2.75, 3.05) is 0 Å². The van der Waals surface area contributed by atoms with Crippen LogP contribution in [-0.2, 0) is 5.60 Å². The van der Waals surface area contributed by atoms with Crippen molar-refractivity contribution in [1.29, 1.82) is 0 Å². The first-order valence-electron chi connectivity index (χ1n) is 5.40. The van der Waals surface area contributed by atoms with Crippen molar-refractivity contribution < 1.29 is 9.52 Å². The maximum absolute atomic E-state index is 10.4. The van der Waals surface area contributed by atoms with Crippen molar-refractivity contribution in [3.63, 3.8) is 0 Å². The molecule has 1 N–H and O–H groups in total. The van der Waals surface area contributed by atoms with E-state index >= 15 is 0 Å². The van der Waals surface area contributed by atoms with Crippen LogP contribution in [0.25, 0.3) is 0 Å². The van der Waals surface area contributed by atoms with E-state index in [2.05, 4.69) is 19.9 Å². The molecule has 0 fully saturated rings. The fourth-order valence-corrected chi connectivity index (χ4v) is 1.91. The Balaban J connectivity index is 2.30. The molecule has 1 aliphatic rings. The summed E-state index contributed by atoms with van der Waals surface area (Å²) in [6.07, 6.45) is 7.33. The molecule has 1 unspecified atom stereocenters. The monoisotopic (exact) mass is 206 g/mol. The van der Waals surface area contributed by atoms with Gasteiger partial charge in [0, 0.05) is 0 Å². The summed E-state index contributed by atoms with van der Waals surface area (Å²) in [4.78, 5) is 0. The van der Waals surface area contributed by atoms with E-state index in [1.54, 1.807) is 6.26 Å². The lowest BCUT2D eigenvalue weighted by Gasteiger charge is -2.33. The van der Waals surface area contributed by atoms with Crippen LogP contribution in [0.3, 0.4) is 0 Å². The second kappa shape index (κ2) is 3.24. The van der Waals surface area contributed by atoms with E-state index in [0.717, 1.165) is 18.4 Å². The topological polar surface area (TPSA) is 33.4 Å². The van der Waals surface area contributed by atoms with Crippen LogP contribution in [0.2, 0.25) is 0 Å². The largest absolute Gasteiger partial charge is 0.466 e. The molecule has 0 radical (unpaired) electrons. The van der Waals surface area contributed by atoms with Gasteiger partial charge in [-0.05, 0) is 42.9 Å². The first kappa shape index (κ1) is 10.5. The van der Waals surface area contributed by atoms with E-state index in [9.17, 15) is 5.11 Å². The van der Waals surface area contributed by atoms with Crippen molar-refractivity contribution in [2.24, 2.45) is 5.41 Å². The predicted molar refractivity (Wildman–Crippen MR) is 59.5 cm³/mol. The van der Waals surface area contributed by atoms with Crippen LogP contribution in [0, 0.1) is 12.3 Å². The molecule has 0 bridgehead atoms. The van der Waals surface area contributed by atoms with E-state index in [0.29, 0.717) is 5.76 Å². The molecule has 1 atom stereocenters. The quantitative estimate of drug-likeness (QED) is 0.716. The zero-order valence-electron chi connectivity index (χ0n) is 9.58. The van der Waals surface area contributed by atoms with Crippen LogP contribution in [0.5, 0.6) is 0 Å². The molecule has 1 heterocycles. The lowest BCUT2D eigenvalue weighted by Crippen LogP contribution is -2.29. The Labute approximate surface area is 90.6 Å². The summed E-state index contributed by atoms with van der Waals surface area (Å²) < 4.78 is 5.37. The highest BCUT2D eigenvalue weighted by Crippen LogP contribution is 2.40. The molecular weight excluding hydrogens is 188 g/mol. The summed E-state index contributed by atoms with van der Waals surface area (Å²) >= 11 is 0. The minimum atomic E-state index is -0.899. The average Bonchev–Trinajstić information content (AvgIpc) is 2.59. The Kier molecular flexibility index (Phi) is 2.27. The molecule has 0 aromatic carbocycles. The Morgan fingerprint density at radius 2 is 2.00 bits per heavy atom. The third-order valence-electron chi connectivity index (χ3n) is 3.12. The van der Waals surface area contributed by atoms with Crippen LogP contribution in [0.1, 0.15) is 38.0 Å². The zero-order chi connectivity index (χ0) is 11.1. The second-order valence-corrected chi connectivity index (χ2v) is 5.23. The van der Waals surface area contributed by atoms with E-state index in [-0.39, 0.29) is 5.41 Å². The molecule has 1 aliphatic carbocycles. The summed E-state index contributed by atoms with van der Waals surface area (Å²) in [7, 11) is 0. The summed E-state index contributed by atoms with van der Waals surface area (Å²) in [5.41, 5.74) is 0.342. The number of allylic oxidation sites excluding steroid dienone is 1. The maximum atomic E-state index is 10.4. The predicted octanol–water partition coefficient (Wildman–Crippen LogP) is 3.15. The van der Waals surface area contributed by atoms with Gasteiger partial charge in [-0.25, -0.2) is 0 Å². The molecule has 0 amide bonds. The van der Waals surface area contributed by atoms with E-state index in [4.69, 9.17) is 4.42 Å². The lowest BCUT2D eigenvalue weighted by atomic mass is 9.76. The molecule has 2 heteroatoms. The van der Waals surface area contributed by atoms with Crippen molar-refractivity contribution >= 4 is 0 Å². The smallest absolute Gasteiger partial charge is 0.140 e. The second-order valence-electron chi connectivity index (χ2n) is 5.23. The molecule has 0 spiro atoms. The fourth-order valence-electron chi connectivity index (χ4n) is 1.91. The molecule has 0 saturated heterocycles. The molecule has 1 aromatic heterocycles. The van der Waals surface area contributed by atoms with Crippen LogP contribution in [0.4, 0.5) is 0 Å². The summed E-state index contributed by atoms with van der Waals surface area (Å²) in [5, 5.41) is 10.4. The molecule has 82 valence electrons. The zero-order valence-corrected chi connectivity index (χ0v) is 9.58. The summed E-state index contributed by atoms with van der Waals surface area (Å²) in [6, 6.07) is 1.91. The van der Waals surface area contributed by atoms with Crippen LogP contribution in [-0.4, -0.2) is 5.11 Å². The highest BCUT2D eigenvalue weighted by molar-refractivity contribution is 5.24. The van der Waals surface area contributed by atoms with Crippen molar-refractivity contribution in [2.45, 2.75) is 39.2 Å². The van der Waals surface area contributed by atoms with Gasteiger partial charge in [-0.3, -0.25) is 0 Å². The van der Waals surface area contributed by atoms with Gasteiger partial charge >= 0.3 is 0 Å². The molecule has 1 aromatic rings. The van der Waals surface area contributed by atoms with Gasteiger partial charge in [-0.15, -0.1) is 0 Å². The first-order valence-corrected chi connectivity index (χ1v) is 5.40. The fraction of sp³-hybridized carbons (Fsp3) is 0.538. The minimum Gasteiger partial charge on any atom is -0.466 e. The Morgan fingerprint density at radius 1 is 1.27 bits per heavy atom. The van der Waals surface area contributed by atoms with Gasteiger partial charge in [0.05, 0.1) is 6.26 Å². The number of hydrogen-bond acceptors (Lipinski definition) is 2. The van der Waals surface area contributed by atoms with Gasteiger partial charge in [0.2, 0.25) is 0 Å². The van der Waals surface area contributed by atoms with E-state index < -0.39 is 5.60 Å². The molecule has 0 saturated carbocycles. The van der Waals surface area contributed by atoms with E-state index in [1.807, 2.05) is 19.1 Å². The molecule has 0 aliphatic heterocycles.